The van der Waals surface area contributed by atoms with Gasteiger partial charge in [-0.1, -0.05) is 87.9 Å². The van der Waals surface area contributed by atoms with Crippen LogP contribution in [0.1, 0.15) is 81.5 Å². The third-order valence-electron chi connectivity index (χ3n) is 5.05. The number of carbonyl (C=O) groups excluding carboxylic acids is 1. The van der Waals surface area contributed by atoms with Gasteiger partial charge in [0.15, 0.2) is 0 Å². The van der Waals surface area contributed by atoms with Crippen LogP contribution in [0.2, 0.25) is 10.0 Å². The number of hydrogen-bond acceptors (Lipinski definition) is 4. The van der Waals surface area contributed by atoms with Crippen LogP contribution in [0.25, 0.3) is 0 Å². The Hall–Kier alpha value is -1.91. The molecule has 0 aliphatic rings. The van der Waals surface area contributed by atoms with Crippen molar-refractivity contribution < 1.29 is 19.4 Å². The van der Waals surface area contributed by atoms with Crippen LogP contribution in [0.3, 0.4) is 0 Å². The minimum Gasteiger partial charge on any atom is -0.506 e. The molecule has 0 bridgehead atoms. The summed E-state index contributed by atoms with van der Waals surface area (Å²) in [6.07, 6.45) is 12.7. The van der Waals surface area contributed by atoms with Crippen molar-refractivity contribution in [1.29, 1.82) is 0 Å². The van der Waals surface area contributed by atoms with Gasteiger partial charge in [0.2, 0.25) is 0 Å². The zero-order valence-electron chi connectivity index (χ0n) is 18.2. The number of unbranched alkanes of at least 4 members (excludes halogenated alkanes) is 9. The first-order valence-electron chi connectivity index (χ1n) is 11.1. The molecule has 0 amide bonds. The number of rotatable bonds is 14. The Morgan fingerprint density at radius 1 is 0.839 bits per heavy atom. The highest BCUT2D eigenvalue weighted by atomic mass is 35.5. The fourth-order valence-electron chi connectivity index (χ4n) is 3.23. The van der Waals surface area contributed by atoms with Gasteiger partial charge in [0, 0.05) is 6.07 Å². The molecule has 170 valence electrons. The number of phenols is 1. The summed E-state index contributed by atoms with van der Waals surface area (Å²) in [5.41, 5.74) is 0.236. The Morgan fingerprint density at radius 2 is 1.48 bits per heavy atom. The molecule has 0 aromatic heterocycles. The minimum absolute atomic E-state index is 0.0863. The van der Waals surface area contributed by atoms with Gasteiger partial charge in [0.05, 0.1) is 22.2 Å². The summed E-state index contributed by atoms with van der Waals surface area (Å²) in [6.45, 7) is 2.86. The van der Waals surface area contributed by atoms with E-state index in [1.54, 1.807) is 18.2 Å². The van der Waals surface area contributed by atoms with E-state index in [9.17, 15) is 9.90 Å². The second-order valence-electron chi connectivity index (χ2n) is 7.68. The summed E-state index contributed by atoms with van der Waals surface area (Å²) in [4.78, 5) is 12.2. The van der Waals surface area contributed by atoms with Gasteiger partial charge in [-0.05, 0) is 36.8 Å². The molecule has 0 atom stereocenters. The maximum Gasteiger partial charge on any atom is 0.343 e. The fraction of sp³-hybridized carbons (Fsp3) is 0.480. The summed E-state index contributed by atoms with van der Waals surface area (Å²) in [5, 5.41) is 9.92. The summed E-state index contributed by atoms with van der Waals surface area (Å²) in [5.74, 6) is 0.206. The van der Waals surface area contributed by atoms with E-state index in [-0.39, 0.29) is 16.3 Å². The fourth-order valence-corrected chi connectivity index (χ4v) is 3.64. The summed E-state index contributed by atoms with van der Waals surface area (Å²) >= 11 is 12.1. The molecule has 0 saturated carbocycles. The molecule has 4 nitrogen and oxygen atoms in total. The van der Waals surface area contributed by atoms with Gasteiger partial charge in [-0.2, -0.15) is 0 Å². The maximum absolute atomic E-state index is 12.2. The van der Waals surface area contributed by atoms with Crippen LogP contribution >= 0.6 is 23.2 Å². The van der Waals surface area contributed by atoms with E-state index in [0.29, 0.717) is 23.1 Å². The molecule has 2 aromatic rings. The summed E-state index contributed by atoms with van der Waals surface area (Å²) in [7, 11) is 0. The molecule has 0 saturated heterocycles. The predicted octanol–water partition coefficient (Wildman–Crippen LogP) is 8.22. The molecule has 0 spiro atoms. The Balaban J connectivity index is 1.66. The van der Waals surface area contributed by atoms with E-state index in [1.165, 1.54) is 69.6 Å². The third kappa shape index (κ3) is 9.40. The largest absolute Gasteiger partial charge is 0.506 e. The molecule has 1 N–H and O–H groups in total. The number of phenolic OH excluding ortho intramolecular Hbond substituents is 1. The molecule has 0 aliphatic heterocycles. The predicted molar refractivity (Wildman–Crippen MR) is 127 cm³/mol. The van der Waals surface area contributed by atoms with Crippen molar-refractivity contribution in [2.24, 2.45) is 0 Å². The van der Waals surface area contributed by atoms with Gasteiger partial charge >= 0.3 is 5.97 Å². The highest BCUT2D eigenvalue weighted by molar-refractivity contribution is 6.32. The van der Waals surface area contributed by atoms with Crippen LogP contribution in [-0.4, -0.2) is 17.7 Å². The van der Waals surface area contributed by atoms with Gasteiger partial charge in [-0.25, -0.2) is 4.79 Å². The van der Waals surface area contributed by atoms with E-state index in [1.807, 2.05) is 0 Å². The van der Waals surface area contributed by atoms with Gasteiger partial charge in [0.1, 0.15) is 17.2 Å². The first kappa shape index (κ1) is 25.4. The number of ether oxygens (including phenoxy) is 2. The quantitative estimate of drug-likeness (QED) is 0.173. The van der Waals surface area contributed by atoms with Crippen LogP contribution in [0.4, 0.5) is 0 Å². The lowest BCUT2D eigenvalue weighted by molar-refractivity contribution is 0.0734. The highest BCUT2D eigenvalue weighted by Crippen LogP contribution is 2.30. The van der Waals surface area contributed by atoms with Crippen molar-refractivity contribution in [2.75, 3.05) is 6.61 Å². The lowest BCUT2D eigenvalue weighted by atomic mass is 10.1. The van der Waals surface area contributed by atoms with Crippen molar-refractivity contribution in [2.45, 2.75) is 71.1 Å². The van der Waals surface area contributed by atoms with Crippen molar-refractivity contribution in [3.8, 4) is 17.2 Å². The third-order valence-corrected chi connectivity index (χ3v) is 5.65. The highest BCUT2D eigenvalue weighted by Gasteiger charge is 2.12. The number of hydrogen-bond donors (Lipinski definition) is 1. The van der Waals surface area contributed by atoms with Gasteiger partial charge in [0.25, 0.3) is 0 Å². The molecule has 0 heterocycles. The molecule has 6 heteroatoms. The Labute approximate surface area is 195 Å². The maximum atomic E-state index is 12.2. The van der Waals surface area contributed by atoms with Crippen LogP contribution in [0.15, 0.2) is 36.4 Å². The lowest BCUT2D eigenvalue weighted by Crippen LogP contribution is -2.08. The van der Waals surface area contributed by atoms with Gasteiger partial charge in [-0.15, -0.1) is 0 Å². The van der Waals surface area contributed by atoms with Crippen LogP contribution in [-0.2, 0) is 0 Å². The SMILES string of the molecule is CCCCCCCCCCCCOc1ccc(OC(=O)c2ccc(O)c(Cl)c2)cc1Cl. The molecular weight excluding hydrogens is 435 g/mol. The van der Waals surface area contributed by atoms with Crippen molar-refractivity contribution in [3.63, 3.8) is 0 Å². The summed E-state index contributed by atoms with van der Waals surface area (Å²) < 4.78 is 11.1. The molecule has 31 heavy (non-hydrogen) atoms. The summed E-state index contributed by atoms with van der Waals surface area (Å²) in [6, 6.07) is 9.02. The molecule has 0 unspecified atom stereocenters. The average Bonchev–Trinajstić information content (AvgIpc) is 2.75. The van der Waals surface area contributed by atoms with Gasteiger partial charge in [-0.3, -0.25) is 0 Å². The Morgan fingerprint density at radius 3 is 2.10 bits per heavy atom. The lowest BCUT2D eigenvalue weighted by Gasteiger charge is -2.10. The first-order chi connectivity index (χ1) is 15.0. The number of halogens is 2. The normalized spacial score (nSPS) is 10.8. The number of benzene rings is 2. The average molecular weight is 467 g/mol. The van der Waals surface area contributed by atoms with Crippen LogP contribution < -0.4 is 9.47 Å². The smallest absolute Gasteiger partial charge is 0.343 e. The second-order valence-corrected chi connectivity index (χ2v) is 8.49. The minimum atomic E-state index is -0.586. The zero-order valence-corrected chi connectivity index (χ0v) is 19.7. The van der Waals surface area contributed by atoms with E-state index >= 15 is 0 Å². The molecule has 0 fully saturated rings. The van der Waals surface area contributed by atoms with Crippen LogP contribution in [0, 0.1) is 0 Å². The number of carbonyl (C=O) groups is 1. The topological polar surface area (TPSA) is 55.8 Å². The zero-order chi connectivity index (χ0) is 22.5. The molecule has 2 rings (SSSR count). The monoisotopic (exact) mass is 466 g/mol. The molecule has 2 aromatic carbocycles. The number of aromatic hydroxyl groups is 1. The number of esters is 1. The van der Waals surface area contributed by atoms with Gasteiger partial charge < -0.3 is 14.6 Å². The molecular formula is C25H32Cl2O4. The second kappa shape index (κ2) is 14.2. The van der Waals surface area contributed by atoms with Crippen molar-refractivity contribution >= 4 is 29.2 Å². The first-order valence-corrected chi connectivity index (χ1v) is 11.9. The van der Waals surface area contributed by atoms with E-state index in [4.69, 9.17) is 32.7 Å². The standard InChI is InChI=1S/C25H32Cl2O4/c1-2-3-4-5-6-7-8-9-10-11-16-30-24-15-13-20(18-22(24)27)31-25(29)19-12-14-23(28)21(26)17-19/h12-15,17-18,28H,2-11,16H2,1H3. The van der Waals surface area contributed by atoms with Crippen molar-refractivity contribution in [1.82, 2.24) is 0 Å². The van der Waals surface area contributed by atoms with E-state index in [0.717, 1.165) is 12.8 Å². The molecule has 0 radical (unpaired) electrons. The van der Waals surface area contributed by atoms with E-state index in [2.05, 4.69) is 6.92 Å². The Kier molecular flexibility index (Phi) is 11.6. The Bertz CT molecular complexity index is 823. The van der Waals surface area contributed by atoms with Crippen molar-refractivity contribution in [3.05, 3.63) is 52.0 Å². The van der Waals surface area contributed by atoms with Crippen LogP contribution in [0.5, 0.6) is 17.2 Å². The molecule has 0 aliphatic carbocycles. The van der Waals surface area contributed by atoms with E-state index < -0.39 is 5.97 Å².